The molecule has 1 aromatic rings. The average molecular weight is 404 g/mol. The number of piperidine rings is 1. The van der Waals surface area contributed by atoms with Gasteiger partial charge in [0.15, 0.2) is 0 Å². The van der Waals surface area contributed by atoms with E-state index in [-0.39, 0.29) is 5.54 Å². The van der Waals surface area contributed by atoms with Crippen LogP contribution in [0, 0.1) is 0 Å². The van der Waals surface area contributed by atoms with E-state index in [0.29, 0.717) is 18.4 Å². The second kappa shape index (κ2) is 8.50. The Balaban J connectivity index is 0.000000345. The lowest BCUT2D eigenvalue weighted by Gasteiger charge is -2.51. The molecule has 0 radical (unpaired) electrons. The van der Waals surface area contributed by atoms with Crippen LogP contribution in [0.4, 0.5) is 13.2 Å². The summed E-state index contributed by atoms with van der Waals surface area (Å²) in [6.45, 7) is 4.32. The number of aryl methyl sites for hydroxylation is 1. The minimum absolute atomic E-state index is 0.0618. The fraction of sp³-hybridized carbons (Fsp3) is 0.722. The van der Waals surface area contributed by atoms with Gasteiger partial charge in [0.25, 0.3) is 0 Å². The predicted octanol–water partition coefficient (Wildman–Crippen LogP) is 2.42. The van der Waals surface area contributed by atoms with Crippen LogP contribution in [0.15, 0.2) is 12.4 Å². The molecular formula is C18H27F3N4O3. The Morgan fingerprint density at radius 1 is 1.36 bits per heavy atom. The number of carboxylic acids is 1. The Morgan fingerprint density at radius 3 is 2.43 bits per heavy atom. The molecule has 1 spiro atoms. The molecule has 1 N–H and O–H groups in total. The topological polar surface area (TPSA) is 78.7 Å². The summed E-state index contributed by atoms with van der Waals surface area (Å²) < 4.78 is 33.6. The van der Waals surface area contributed by atoms with Crippen LogP contribution in [0.25, 0.3) is 0 Å². The van der Waals surface area contributed by atoms with Crippen molar-refractivity contribution in [2.75, 3.05) is 13.6 Å². The van der Waals surface area contributed by atoms with E-state index in [0.717, 1.165) is 32.4 Å². The minimum atomic E-state index is -5.08. The number of rotatable bonds is 3. The smallest absolute Gasteiger partial charge is 0.475 e. The number of halogens is 3. The van der Waals surface area contributed by atoms with E-state index in [1.54, 1.807) is 0 Å². The van der Waals surface area contributed by atoms with Crippen LogP contribution in [-0.2, 0) is 23.2 Å². The second-order valence-corrected chi connectivity index (χ2v) is 7.38. The highest BCUT2D eigenvalue weighted by Gasteiger charge is 2.51. The van der Waals surface area contributed by atoms with Crippen molar-refractivity contribution in [1.29, 1.82) is 0 Å². The van der Waals surface area contributed by atoms with Crippen molar-refractivity contribution in [2.24, 2.45) is 7.05 Å². The van der Waals surface area contributed by atoms with Gasteiger partial charge in [0.05, 0.1) is 11.7 Å². The van der Waals surface area contributed by atoms with Crippen molar-refractivity contribution in [2.45, 2.75) is 63.3 Å². The van der Waals surface area contributed by atoms with Crippen LogP contribution in [0.5, 0.6) is 0 Å². The number of amides is 1. The first kappa shape index (κ1) is 22.2. The number of likely N-dealkylation sites (tertiary alicyclic amines) is 2. The van der Waals surface area contributed by atoms with Crippen molar-refractivity contribution in [1.82, 2.24) is 19.6 Å². The third-order valence-corrected chi connectivity index (χ3v) is 5.70. The quantitative estimate of drug-likeness (QED) is 0.837. The molecule has 0 bridgehead atoms. The fourth-order valence-electron chi connectivity index (χ4n) is 4.46. The van der Waals surface area contributed by atoms with Crippen molar-refractivity contribution >= 4 is 11.9 Å². The molecule has 7 nitrogen and oxygen atoms in total. The number of nitrogens with zero attached hydrogens (tertiary/aromatic N) is 4. The lowest BCUT2D eigenvalue weighted by molar-refractivity contribution is -0.192. The molecule has 3 heterocycles. The van der Waals surface area contributed by atoms with Crippen LogP contribution < -0.4 is 0 Å². The Bertz CT molecular complexity index is 706. The molecule has 158 valence electrons. The summed E-state index contributed by atoms with van der Waals surface area (Å²) in [5.41, 5.74) is 1.33. The molecule has 2 aliphatic rings. The van der Waals surface area contributed by atoms with Crippen molar-refractivity contribution in [3.05, 3.63) is 18.0 Å². The molecule has 0 aromatic carbocycles. The summed E-state index contributed by atoms with van der Waals surface area (Å²) in [4.78, 5) is 25.6. The van der Waals surface area contributed by atoms with Gasteiger partial charge in [-0.25, -0.2) is 4.79 Å². The zero-order valence-corrected chi connectivity index (χ0v) is 16.4. The molecule has 1 aromatic heterocycles. The zero-order valence-electron chi connectivity index (χ0n) is 16.4. The monoisotopic (exact) mass is 404 g/mol. The van der Waals surface area contributed by atoms with E-state index in [4.69, 9.17) is 9.90 Å². The molecule has 0 unspecified atom stereocenters. The third kappa shape index (κ3) is 4.65. The summed E-state index contributed by atoms with van der Waals surface area (Å²) in [6.07, 6.45) is 4.12. The summed E-state index contributed by atoms with van der Waals surface area (Å²) in [5, 5.41) is 11.4. The molecule has 2 aliphatic heterocycles. The van der Waals surface area contributed by atoms with Crippen molar-refractivity contribution in [3.8, 4) is 0 Å². The van der Waals surface area contributed by atoms with Gasteiger partial charge in [-0.15, -0.1) is 0 Å². The van der Waals surface area contributed by atoms with Gasteiger partial charge in [-0.3, -0.25) is 14.4 Å². The Morgan fingerprint density at radius 2 is 2.00 bits per heavy atom. The van der Waals surface area contributed by atoms with Gasteiger partial charge in [-0.05, 0) is 32.2 Å². The van der Waals surface area contributed by atoms with Crippen LogP contribution in [0.1, 0.15) is 44.6 Å². The molecule has 10 heteroatoms. The van der Waals surface area contributed by atoms with Crippen LogP contribution >= 0.6 is 0 Å². The predicted molar refractivity (Wildman–Crippen MR) is 95.4 cm³/mol. The summed E-state index contributed by atoms with van der Waals surface area (Å²) in [5.74, 6) is -2.44. The summed E-state index contributed by atoms with van der Waals surface area (Å²) in [6, 6.07) is 0.461. The highest BCUT2D eigenvalue weighted by atomic mass is 19.4. The SMILES string of the molecule is CC[C@@H]1N(Cc2cnn(C)c2)CCC[C@]12CCC(=O)N2C.O=C(O)C(F)(F)F. The molecule has 28 heavy (non-hydrogen) atoms. The molecule has 3 rings (SSSR count). The first-order chi connectivity index (χ1) is 13.0. The van der Waals surface area contributed by atoms with Crippen LogP contribution in [0.3, 0.4) is 0 Å². The molecule has 2 fully saturated rings. The average Bonchev–Trinajstić information content (AvgIpc) is 3.14. The maximum Gasteiger partial charge on any atom is 0.490 e. The maximum absolute atomic E-state index is 12.1. The molecule has 1 amide bonds. The lowest BCUT2D eigenvalue weighted by atomic mass is 9.77. The minimum Gasteiger partial charge on any atom is -0.475 e. The third-order valence-electron chi connectivity index (χ3n) is 5.70. The van der Waals surface area contributed by atoms with Gasteiger partial charge in [0, 0.05) is 44.9 Å². The Labute approximate surface area is 162 Å². The molecule has 2 saturated heterocycles. The number of hydrogen-bond donors (Lipinski definition) is 1. The molecule has 2 atom stereocenters. The van der Waals surface area contributed by atoms with Crippen molar-refractivity contribution < 1.29 is 27.9 Å². The van der Waals surface area contributed by atoms with E-state index < -0.39 is 12.1 Å². The fourth-order valence-corrected chi connectivity index (χ4v) is 4.46. The van der Waals surface area contributed by atoms with E-state index in [9.17, 15) is 18.0 Å². The first-order valence-electron chi connectivity index (χ1n) is 9.29. The normalized spacial score (nSPS) is 25.7. The number of alkyl halides is 3. The van der Waals surface area contributed by atoms with Crippen LogP contribution in [-0.4, -0.2) is 67.9 Å². The van der Waals surface area contributed by atoms with E-state index in [1.165, 1.54) is 12.0 Å². The Hall–Kier alpha value is -2.10. The first-order valence-corrected chi connectivity index (χ1v) is 9.29. The summed E-state index contributed by atoms with van der Waals surface area (Å²) in [7, 11) is 3.97. The summed E-state index contributed by atoms with van der Waals surface area (Å²) >= 11 is 0. The molecule has 0 saturated carbocycles. The number of aromatic nitrogens is 2. The maximum atomic E-state index is 12.1. The largest absolute Gasteiger partial charge is 0.490 e. The number of carbonyl (C=O) groups is 2. The molecule has 0 aliphatic carbocycles. The van der Waals surface area contributed by atoms with Gasteiger partial charge in [0.1, 0.15) is 0 Å². The lowest BCUT2D eigenvalue weighted by Crippen LogP contribution is -2.61. The highest BCUT2D eigenvalue weighted by molar-refractivity contribution is 5.79. The van der Waals surface area contributed by atoms with Gasteiger partial charge in [-0.1, -0.05) is 6.92 Å². The van der Waals surface area contributed by atoms with Gasteiger partial charge in [0.2, 0.25) is 5.91 Å². The van der Waals surface area contributed by atoms with E-state index >= 15 is 0 Å². The standard InChI is InChI=1S/C16H26N4O.C2HF3O2/c1-4-14-16(8-6-15(21)19(16)3)7-5-9-20(14)12-13-10-17-18(2)11-13;3-2(4,5)1(6)7/h10-11,14H,4-9,12H2,1-3H3;(H,6,7)/t14-,16-;/m0./s1. The van der Waals surface area contributed by atoms with Crippen LogP contribution in [0.2, 0.25) is 0 Å². The number of likely N-dealkylation sites (N-methyl/N-ethyl adjacent to an activating group) is 1. The Kier molecular flexibility index (Phi) is 6.74. The number of carbonyl (C=O) groups excluding carboxylic acids is 1. The van der Waals surface area contributed by atoms with E-state index in [2.05, 4.69) is 28.0 Å². The highest BCUT2D eigenvalue weighted by Crippen LogP contribution is 2.42. The number of hydrogen-bond acceptors (Lipinski definition) is 4. The van der Waals surface area contributed by atoms with E-state index in [1.807, 2.05) is 25.0 Å². The number of aliphatic carboxylic acids is 1. The molecular weight excluding hydrogens is 377 g/mol. The van der Waals surface area contributed by atoms with Gasteiger partial charge >= 0.3 is 12.1 Å². The number of carboxylic acid groups (broad SMARTS) is 1. The zero-order chi connectivity index (χ0) is 21.1. The second-order valence-electron chi connectivity index (χ2n) is 7.38. The van der Waals surface area contributed by atoms with Gasteiger partial charge < -0.3 is 10.0 Å². The van der Waals surface area contributed by atoms with Gasteiger partial charge in [-0.2, -0.15) is 18.3 Å². The van der Waals surface area contributed by atoms with Crippen molar-refractivity contribution in [3.63, 3.8) is 0 Å².